The molecule has 1 unspecified atom stereocenters. The fraction of sp³-hybridized carbons (Fsp3) is 0.455. The Hall–Kier alpha value is -1.23. The normalized spacial score (nSPS) is 20.5. The number of aryl methyl sites for hydroxylation is 1. The third-order valence-corrected chi connectivity index (χ3v) is 3.23. The Morgan fingerprint density at radius 3 is 3.00 bits per heavy atom. The largest absolute Gasteiger partial charge is 0.504 e. The first-order valence-electron chi connectivity index (χ1n) is 5.19. The van der Waals surface area contributed by atoms with Gasteiger partial charge in [0.1, 0.15) is 0 Å². The van der Waals surface area contributed by atoms with Crippen LogP contribution in [0, 0.1) is 12.8 Å². The molecule has 1 saturated heterocycles. The van der Waals surface area contributed by atoms with Crippen molar-refractivity contribution in [2.45, 2.75) is 13.3 Å². The number of hydrogen-bond donors (Lipinski definition) is 2. The molecular formula is C11H14N2O2S. The molecule has 0 spiro atoms. The van der Waals surface area contributed by atoms with E-state index in [2.05, 4.69) is 17.6 Å². The molecule has 2 heterocycles. The average Bonchev–Trinajstić information content (AvgIpc) is 2.63. The summed E-state index contributed by atoms with van der Waals surface area (Å²) in [5.41, 5.74) is 0.787. The van der Waals surface area contributed by atoms with Gasteiger partial charge in [-0.1, -0.05) is 0 Å². The van der Waals surface area contributed by atoms with Crippen LogP contribution in [0.1, 0.15) is 12.1 Å². The van der Waals surface area contributed by atoms with Gasteiger partial charge in [-0.05, 0) is 30.7 Å². The first-order chi connectivity index (χ1) is 7.61. The highest BCUT2D eigenvalue weighted by atomic mass is 32.1. The van der Waals surface area contributed by atoms with E-state index >= 15 is 0 Å². The van der Waals surface area contributed by atoms with Gasteiger partial charge in [-0.25, -0.2) is 4.98 Å². The van der Waals surface area contributed by atoms with Gasteiger partial charge < -0.3 is 5.11 Å². The summed E-state index contributed by atoms with van der Waals surface area (Å²) < 4.78 is 0. The van der Waals surface area contributed by atoms with E-state index in [1.54, 1.807) is 17.0 Å². The molecule has 2 rings (SSSR count). The second-order valence-corrected chi connectivity index (χ2v) is 4.42. The van der Waals surface area contributed by atoms with Gasteiger partial charge in [-0.3, -0.25) is 9.69 Å². The number of nitrogens with zero attached hydrogens (tertiary/aromatic N) is 2. The molecule has 1 fully saturated rings. The van der Waals surface area contributed by atoms with Crippen molar-refractivity contribution in [2.24, 2.45) is 5.92 Å². The fourth-order valence-corrected chi connectivity index (χ4v) is 2.09. The lowest BCUT2D eigenvalue weighted by Gasteiger charge is -2.16. The van der Waals surface area contributed by atoms with Gasteiger partial charge in [0.15, 0.2) is 11.6 Å². The summed E-state index contributed by atoms with van der Waals surface area (Å²) in [6.45, 7) is 2.42. The van der Waals surface area contributed by atoms with Crippen LogP contribution in [0.25, 0.3) is 0 Å². The molecule has 1 aliphatic heterocycles. The summed E-state index contributed by atoms with van der Waals surface area (Å²) >= 11 is 4.19. The lowest BCUT2D eigenvalue weighted by atomic mass is 10.1. The predicted molar refractivity (Wildman–Crippen MR) is 65.0 cm³/mol. The van der Waals surface area contributed by atoms with Gasteiger partial charge in [0, 0.05) is 18.7 Å². The molecule has 0 saturated carbocycles. The maximum Gasteiger partial charge on any atom is 0.228 e. The van der Waals surface area contributed by atoms with Crippen LogP contribution in [0.5, 0.6) is 5.75 Å². The van der Waals surface area contributed by atoms with E-state index in [0.29, 0.717) is 24.5 Å². The van der Waals surface area contributed by atoms with Gasteiger partial charge in [0.25, 0.3) is 0 Å². The molecule has 86 valence electrons. The van der Waals surface area contributed by atoms with E-state index in [4.69, 9.17) is 0 Å². The zero-order chi connectivity index (χ0) is 11.7. The number of carbonyl (C=O) groups excluding carboxylic acids is 1. The monoisotopic (exact) mass is 238 g/mol. The molecule has 5 heteroatoms. The highest BCUT2D eigenvalue weighted by Crippen LogP contribution is 2.30. The van der Waals surface area contributed by atoms with E-state index in [-0.39, 0.29) is 17.6 Å². The van der Waals surface area contributed by atoms with Crippen molar-refractivity contribution in [3.05, 3.63) is 17.8 Å². The first kappa shape index (κ1) is 11.3. The Morgan fingerprint density at radius 1 is 1.62 bits per heavy atom. The smallest absolute Gasteiger partial charge is 0.228 e. The Bertz CT molecular complexity index is 422. The van der Waals surface area contributed by atoms with Crippen LogP contribution >= 0.6 is 12.6 Å². The molecule has 1 N–H and O–H groups in total. The number of hydrogen-bond acceptors (Lipinski definition) is 4. The van der Waals surface area contributed by atoms with Crippen molar-refractivity contribution in [1.82, 2.24) is 4.98 Å². The predicted octanol–water partition coefficient (Wildman–Crippen LogP) is 1.38. The van der Waals surface area contributed by atoms with Crippen molar-refractivity contribution in [2.75, 3.05) is 17.2 Å². The lowest BCUT2D eigenvalue weighted by Crippen LogP contribution is -2.25. The molecule has 1 amide bonds. The van der Waals surface area contributed by atoms with Gasteiger partial charge >= 0.3 is 0 Å². The number of amides is 1. The van der Waals surface area contributed by atoms with Gasteiger partial charge in [-0.15, -0.1) is 0 Å². The van der Waals surface area contributed by atoms with Crippen LogP contribution < -0.4 is 4.90 Å². The van der Waals surface area contributed by atoms with Crippen molar-refractivity contribution in [3.8, 4) is 5.75 Å². The van der Waals surface area contributed by atoms with Gasteiger partial charge in [0.2, 0.25) is 5.91 Å². The SMILES string of the molecule is Cc1ccc(O)c(N2CC(CS)CC2=O)n1. The maximum atomic E-state index is 11.7. The van der Waals surface area contributed by atoms with Crippen LogP contribution in [0.3, 0.4) is 0 Å². The summed E-state index contributed by atoms with van der Waals surface area (Å²) in [4.78, 5) is 17.5. The summed E-state index contributed by atoms with van der Waals surface area (Å²) in [7, 11) is 0. The Balaban J connectivity index is 2.30. The fourth-order valence-electron chi connectivity index (χ4n) is 1.84. The molecule has 0 aromatic carbocycles. The van der Waals surface area contributed by atoms with E-state index in [1.807, 2.05) is 6.92 Å². The molecule has 16 heavy (non-hydrogen) atoms. The minimum atomic E-state index is 0.00690. The molecule has 4 nitrogen and oxygen atoms in total. The second-order valence-electron chi connectivity index (χ2n) is 4.05. The number of carbonyl (C=O) groups is 1. The number of rotatable bonds is 2. The zero-order valence-electron chi connectivity index (χ0n) is 9.05. The summed E-state index contributed by atoms with van der Waals surface area (Å²) in [6, 6.07) is 3.29. The van der Waals surface area contributed by atoms with E-state index in [1.165, 1.54) is 0 Å². The summed E-state index contributed by atoms with van der Waals surface area (Å²) in [5.74, 6) is 1.35. The molecule has 1 aromatic heterocycles. The molecule has 0 aliphatic carbocycles. The summed E-state index contributed by atoms with van der Waals surface area (Å²) in [5, 5.41) is 9.70. The number of aromatic nitrogens is 1. The van der Waals surface area contributed by atoms with E-state index < -0.39 is 0 Å². The van der Waals surface area contributed by atoms with Crippen molar-refractivity contribution in [1.29, 1.82) is 0 Å². The molecule has 1 aliphatic rings. The van der Waals surface area contributed by atoms with Crippen molar-refractivity contribution < 1.29 is 9.90 Å². The molecular weight excluding hydrogens is 224 g/mol. The van der Waals surface area contributed by atoms with Crippen molar-refractivity contribution in [3.63, 3.8) is 0 Å². The van der Waals surface area contributed by atoms with E-state index in [9.17, 15) is 9.90 Å². The molecule has 1 atom stereocenters. The maximum absolute atomic E-state index is 11.7. The topological polar surface area (TPSA) is 53.4 Å². The van der Waals surface area contributed by atoms with Crippen LogP contribution in [0.15, 0.2) is 12.1 Å². The van der Waals surface area contributed by atoms with Crippen LogP contribution in [-0.4, -0.2) is 28.3 Å². The first-order valence-corrected chi connectivity index (χ1v) is 5.83. The second kappa shape index (κ2) is 4.33. The molecule has 1 aromatic rings. The highest BCUT2D eigenvalue weighted by Gasteiger charge is 2.31. The van der Waals surface area contributed by atoms with E-state index in [0.717, 1.165) is 5.69 Å². The third-order valence-electron chi connectivity index (χ3n) is 2.71. The number of thiol groups is 1. The van der Waals surface area contributed by atoms with Crippen LogP contribution in [-0.2, 0) is 4.79 Å². The number of anilines is 1. The minimum absolute atomic E-state index is 0.00690. The van der Waals surface area contributed by atoms with Crippen LogP contribution in [0.2, 0.25) is 0 Å². The van der Waals surface area contributed by atoms with Gasteiger partial charge in [-0.2, -0.15) is 12.6 Å². The van der Waals surface area contributed by atoms with Crippen molar-refractivity contribution >= 4 is 24.4 Å². The summed E-state index contributed by atoms with van der Waals surface area (Å²) in [6.07, 6.45) is 0.485. The zero-order valence-corrected chi connectivity index (χ0v) is 9.94. The lowest BCUT2D eigenvalue weighted by molar-refractivity contribution is -0.117. The minimum Gasteiger partial charge on any atom is -0.504 e. The van der Waals surface area contributed by atoms with Gasteiger partial charge in [0.05, 0.1) is 0 Å². The Kier molecular flexibility index (Phi) is 3.05. The quantitative estimate of drug-likeness (QED) is 0.765. The average molecular weight is 238 g/mol. The molecule has 0 radical (unpaired) electrons. The van der Waals surface area contributed by atoms with Crippen LogP contribution in [0.4, 0.5) is 5.82 Å². The number of pyridine rings is 1. The standard InChI is InChI=1S/C11H14N2O2S/c1-7-2-3-9(14)11(12-7)13-5-8(6-16)4-10(13)15/h2-3,8,14,16H,4-6H2,1H3. The highest BCUT2D eigenvalue weighted by molar-refractivity contribution is 7.80. The Labute approximate surface area is 99.7 Å². The Morgan fingerprint density at radius 2 is 2.38 bits per heavy atom. The number of aromatic hydroxyl groups is 1. The third kappa shape index (κ3) is 2.00. The molecule has 0 bridgehead atoms.